The molecule has 0 saturated carbocycles. The zero-order valence-corrected chi connectivity index (χ0v) is 13.8. The maximum atomic E-state index is 11.7. The molecular weight excluding hydrogens is 304 g/mol. The van der Waals surface area contributed by atoms with Gasteiger partial charge in [-0.25, -0.2) is 9.97 Å². The minimum atomic E-state index is -0.0177. The Morgan fingerprint density at radius 3 is 2.96 bits per heavy atom. The SMILES string of the molecule is CC1(C)CN(c2ncnc(-c3ccc4c(c3)CNC4=O)n2)CCN1. The number of carbonyl (C=O) groups is 1. The van der Waals surface area contributed by atoms with Crippen molar-refractivity contribution in [2.45, 2.75) is 25.9 Å². The molecule has 0 atom stereocenters. The third-order valence-electron chi connectivity index (χ3n) is 4.46. The molecule has 4 rings (SSSR count). The summed E-state index contributed by atoms with van der Waals surface area (Å²) in [6, 6.07) is 5.71. The number of carbonyl (C=O) groups excluding carboxylic acids is 1. The van der Waals surface area contributed by atoms with Gasteiger partial charge in [0.25, 0.3) is 5.91 Å². The summed E-state index contributed by atoms with van der Waals surface area (Å²) in [5.74, 6) is 1.32. The van der Waals surface area contributed by atoms with Crippen LogP contribution in [0.3, 0.4) is 0 Å². The average molecular weight is 324 g/mol. The third kappa shape index (κ3) is 2.71. The van der Waals surface area contributed by atoms with Gasteiger partial charge in [0.05, 0.1) is 0 Å². The molecule has 24 heavy (non-hydrogen) atoms. The summed E-state index contributed by atoms with van der Waals surface area (Å²) in [5, 5.41) is 6.31. The van der Waals surface area contributed by atoms with E-state index < -0.39 is 0 Å². The lowest BCUT2D eigenvalue weighted by Crippen LogP contribution is -2.57. The van der Waals surface area contributed by atoms with Gasteiger partial charge in [0.15, 0.2) is 5.82 Å². The maximum Gasteiger partial charge on any atom is 0.251 e. The highest BCUT2D eigenvalue weighted by atomic mass is 16.1. The van der Waals surface area contributed by atoms with Crippen LogP contribution >= 0.6 is 0 Å². The molecule has 124 valence electrons. The van der Waals surface area contributed by atoms with E-state index in [9.17, 15) is 4.79 Å². The Bertz CT molecular complexity index is 803. The first-order valence-electron chi connectivity index (χ1n) is 8.12. The number of hydrogen-bond acceptors (Lipinski definition) is 6. The second-order valence-electron chi connectivity index (χ2n) is 6.90. The largest absolute Gasteiger partial charge is 0.348 e. The number of aromatic nitrogens is 3. The van der Waals surface area contributed by atoms with Crippen LogP contribution < -0.4 is 15.5 Å². The van der Waals surface area contributed by atoms with Gasteiger partial charge in [-0.3, -0.25) is 4.79 Å². The zero-order valence-electron chi connectivity index (χ0n) is 13.8. The molecule has 0 unspecified atom stereocenters. The molecule has 1 amide bonds. The van der Waals surface area contributed by atoms with E-state index in [0.29, 0.717) is 18.3 Å². The molecule has 1 saturated heterocycles. The molecule has 2 N–H and O–H groups in total. The van der Waals surface area contributed by atoms with Crippen molar-refractivity contribution in [3.63, 3.8) is 0 Å². The first-order valence-corrected chi connectivity index (χ1v) is 8.12. The highest BCUT2D eigenvalue weighted by molar-refractivity contribution is 5.98. The predicted molar refractivity (Wildman–Crippen MR) is 90.7 cm³/mol. The summed E-state index contributed by atoms with van der Waals surface area (Å²) in [5.41, 5.74) is 2.66. The Morgan fingerprint density at radius 2 is 2.12 bits per heavy atom. The lowest BCUT2D eigenvalue weighted by Gasteiger charge is -2.39. The fourth-order valence-electron chi connectivity index (χ4n) is 3.26. The molecular formula is C17H20N6O. The number of nitrogens with zero attached hydrogens (tertiary/aromatic N) is 4. The molecule has 7 nitrogen and oxygen atoms in total. The number of fused-ring (bicyclic) bond motifs is 1. The van der Waals surface area contributed by atoms with Gasteiger partial charge in [0.2, 0.25) is 5.95 Å². The van der Waals surface area contributed by atoms with E-state index in [0.717, 1.165) is 36.3 Å². The van der Waals surface area contributed by atoms with E-state index in [1.54, 1.807) is 6.33 Å². The summed E-state index contributed by atoms with van der Waals surface area (Å²) in [6.45, 7) is 7.53. The van der Waals surface area contributed by atoms with Crippen molar-refractivity contribution in [3.05, 3.63) is 35.7 Å². The van der Waals surface area contributed by atoms with Crippen LogP contribution in [0.4, 0.5) is 5.95 Å². The Kier molecular flexibility index (Phi) is 3.45. The fraction of sp³-hybridized carbons (Fsp3) is 0.412. The van der Waals surface area contributed by atoms with Crippen molar-refractivity contribution in [3.8, 4) is 11.4 Å². The molecule has 1 fully saturated rings. The van der Waals surface area contributed by atoms with Crippen molar-refractivity contribution in [2.75, 3.05) is 24.5 Å². The first-order chi connectivity index (χ1) is 11.5. The van der Waals surface area contributed by atoms with Crippen molar-refractivity contribution in [1.82, 2.24) is 25.6 Å². The van der Waals surface area contributed by atoms with E-state index in [1.165, 1.54) is 0 Å². The van der Waals surface area contributed by atoms with Crippen molar-refractivity contribution < 1.29 is 4.79 Å². The first kappa shape index (κ1) is 15.0. The van der Waals surface area contributed by atoms with E-state index in [4.69, 9.17) is 0 Å². The van der Waals surface area contributed by atoms with E-state index in [-0.39, 0.29) is 11.4 Å². The van der Waals surface area contributed by atoms with Crippen LogP contribution in [0.1, 0.15) is 29.8 Å². The topological polar surface area (TPSA) is 83.0 Å². The van der Waals surface area contributed by atoms with Gasteiger partial charge in [-0.1, -0.05) is 6.07 Å². The van der Waals surface area contributed by atoms with Gasteiger partial charge in [-0.2, -0.15) is 4.98 Å². The van der Waals surface area contributed by atoms with Crippen LogP contribution in [0.15, 0.2) is 24.5 Å². The van der Waals surface area contributed by atoms with E-state index >= 15 is 0 Å². The second kappa shape index (κ2) is 5.52. The van der Waals surface area contributed by atoms with Crippen LogP contribution in [-0.4, -0.2) is 46.0 Å². The quantitative estimate of drug-likeness (QED) is 0.856. The van der Waals surface area contributed by atoms with Crippen LogP contribution in [0.5, 0.6) is 0 Å². The number of hydrogen-bond donors (Lipinski definition) is 2. The summed E-state index contributed by atoms with van der Waals surface area (Å²) in [7, 11) is 0. The number of amides is 1. The molecule has 0 aliphatic carbocycles. The lowest BCUT2D eigenvalue weighted by atomic mass is 10.0. The van der Waals surface area contributed by atoms with E-state index in [1.807, 2.05) is 18.2 Å². The Hall–Kier alpha value is -2.54. The number of benzene rings is 1. The predicted octanol–water partition coefficient (Wildman–Crippen LogP) is 0.970. The number of rotatable bonds is 2. The summed E-state index contributed by atoms with van der Waals surface area (Å²) >= 11 is 0. The maximum absolute atomic E-state index is 11.7. The highest BCUT2D eigenvalue weighted by Crippen LogP contribution is 2.24. The number of nitrogens with one attached hydrogen (secondary N) is 2. The molecule has 7 heteroatoms. The molecule has 3 heterocycles. The zero-order chi connectivity index (χ0) is 16.7. The minimum absolute atomic E-state index is 0.0177. The van der Waals surface area contributed by atoms with Gasteiger partial charge < -0.3 is 15.5 Å². The molecule has 0 bridgehead atoms. The summed E-state index contributed by atoms with van der Waals surface area (Å²) < 4.78 is 0. The van der Waals surface area contributed by atoms with Gasteiger partial charge in [0.1, 0.15) is 6.33 Å². The monoisotopic (exact) mass is 324 g/mol. The number of anilines is 1. The van der Waals surface area contributed by atoms with Crippen molar-refractivity contribution in [2.24, 2.45) is 0 Å². The Morgan fingerprint density at radius 1 is 1.25 bits per heavy atom. The number of piperazine rings is 1. The third-order valence-corrected chi connectivity index (χ3v) is 4.46. The van der Waals surface area contributed by atoms with E-state index in [2.05, 4.69) is 44.3 Å². The smallest absolute Gasteiger partial charge is 0.251 e. The van der Waals surface area contributed by atoms with Crippen LogP contribution in [-0.2, 0) is 6.54 Å². The van der Waals surface area contributed by atoms with Gasteiger partial charge in [0, 0.05) is 42.8 Å². The van der Waals surface area contributed by atoms with Crippen LogP contribution in [0, 0.1) is 0 Å². The minimum Gasteiger partial charge on any atom is -0.348 e. The van der Waals surface area contributed by atoms with Crippen LogP contribution in [0.2, 0.25) is 0 Å². The molecule has 2 aliphatic rings. The van der Waals surface area contributed by atoms with Gasteiger partial charge >= 0.3 is 0 Å². The summed E-state index contributed by atoms with van der Waals surface area (Å²) in [6.07, 6.45) is 1.56. The molecule has 1 aromatic heterocycles. The highest BCUT2D eigenvalue weighted by Gasteiger charge is 2.27. The second-order valence-corrected chi connectivity index (χ2v) is 6.90. The van der Waals surface area contributed by atoms with Gasteiger partial charge in [-0.15, -0.1) is 0 Å². The van der Waals surface area contributed by atoms with Gasteiger partial charge in [-0.05, 0) is 31.5 Å². The molecule has 2 aromatic rings. The van der Waals surface area contributed by atoms with Crippen molar-refractivity contribution in [1.29, 1.82) is 0 Å². The lowest BCUT2D eigenvalue weighted by molar-refractivity contribution is 0.0966. The Balaban J connectivity index is 1.65. The average Bonchev–Trinajstić information content (AvgIpc) is 2.95. The molecule has 1 aromatic carbocycles. The Labute approximate surface area is 140 Å². The van der Waals surface area contributed by atoms with Crippen LogP contribution in [0.25, 0.3) is 11.4 Å². The van der Waals surface area contributed by atoms with Crippen molar-refractivity contribution >= 4 is 11.9 Å². The normalized spacial score (nSPS) is 19.1. The fourth-order valence-corrected chi connectivity index (χ4v) is 3.26. The standard InChI is InChI=1S/C17H20N6O/c1-17(2)9-23(6-5-21-17)16-20-10-19-14(22-16)11-3-4-13-12(7-11)8-18-15(13)24/h3-4,7,10,21H,5-6,8-9H2,1-2H3,(H,18,24). The molecule has 2 aliphatic heterocycles. The molecule has 0 spiro atoms. The molecule has 0 radical (unpaired) electrons. The summed E-state index contributed by atoms with van der Waals surface area (Å²) in [4.78, 5) is 27.2.